The quantitative estimate of drug-likeness (QED) is 0.858. The van der Waals surface area contributed by atoms with Gasteiger partial charge in [0.2, 0.25) is 0 Å². The summed E-state index contributed by atoms with van der Waals surface area (Å²) in [7, 11) is 0. The number of rotatable bonds is 6. The van der Waals surface area contributed by atoms with Gasteiger partial charge in [0, 0.05) is 24.7 Å². The lowest BCUT2D eigenvalue weighted by molar-refractivity contribution is 0.0940. The highest BCUT2D eigenvalue weighted by Gasteiger charge is 2.24. The SMILES string of the molecule is CC(NC(C)(C)CNC(=O)c1cnn2c1CCC2)c1ccccc1. The second-order valence-corrected chi connectivity index (χ2v) is 7.17. The molecule has 0 aliphatic carbocycles. The maximum atomic E-state index is 12.5. The van der Waals surface area contributed by atoms with Gasteiger partial charge in [0.05, 0.1) is 17.5 Å². The number of fused-ring (bicyclic) bond motifs is 1. The highest BCUT2D eigenvalue weighted by Crippen LogP contribution is 2.19. The van der Waals surface area contributed by atoms with Gasteiger partial charge in [0.15, 0.2) is 0 Å². The van der Waals surface area contributed by atoms with E-state index in [4.69, 9.17) is 0 Å². The summed E-state index contributed by atoms with van der Waals surface area (Å²) in [5.41, 5.74) is 2.82. The van der Waals surface area contributed by atoms with E-state index in [0.717, 1.165) is 30.6 Å². The highest BCUT2D eigenvalue weighted by molar-refractivity contribution is 5.95. The molecule has 3 rings (SSSR count). The number of aryl methyl sites for hydroxylation is 1. The largest absolute Gasteiger partial charge is 0.350 e. The summed E-state index contributed by atoms with van der Waals surface area (Å²) in [4.78, 5) is 12.5. The summed E-state index contributed by atoms with van der Waals surface area (Å²) >= 11 is 0. The van der Waals surface area contributed by atoms with E-state index in [1.165, 1.54) is 5.56 Å². The van der Waals surface area contributed by atoms with E-state index >= 15 is 0 Å². The molecular formula is C19H26N4O. The maximum Gasteiger partial charge on any atom is 0.254 e. The summed E-state index contributed by atoms with van der Waals surface area (Å²) in [6, 6.07) is 10.6. The van der Waals surface area contributed by atoms with Crippen LogP contribution >= 0.6 is 0 Å². The Balaban J connectivity index is 1.57. The molecule has 1 aromatic heterocycles. The van der Waals surface area contributed by atoms with Gasteiger partial charge in [-0.05, 0) is 39.2 Å². The second-order valence-electron chi connectivity index (χ2n) is 7.17. The van der Waals surface area contributed by atoms with Crippen molar-refractivity contribution >= 4 is 5.91 Å². The Kier molecular flexibility index (Phi) is 4.71. The molecule has 5 nitrogen and oxygen atoms in total. The average Bonchev–Trinajstić information content (AvgIpc) is 3.16. The van der Waals surface area contributed by atoms with Gasteiger partial charge in [-0.25, -0.2) is 0 Å². The molecular weight excluding hydrogens is 300 g/mol. The molecule has 0 saturated carbocycles. The Hall–Kier alpha value is -2.14. The van der Waals surface area contributed by atoms with Crippen molar-refractivity contribution in [3.63, 3.8) is 0 Å². The molecule has 128 valence electrons. The molecule has 2 N–H and O–H groups in total. The van der Waals surface area contributed by atoms with Crippen LogP contribution in [-0.4, -0.2) is 27.8 Å². The first-order chi connectivity index (χ1) is 11.5. The summed E-state index contributed by atoms with van der Waals surface area (Å²) in [5, 5.41) is 10.9. The first-order valence-corrected chi connectivity index (χ1v) is 8.62. The minimum atomic E-state index is -0.207. The fraction of sp³-hybridized carbons (Fsp3) is 0.474. The lowest BCUT2D eigenvalue weighted by Gasteiger charge is -2.30. The summed E-state index contributed by atoms with van der Waals surface area (Å²) in [6.07, 6.45) is 3.71. The van der Waals surface area contributed by atoms with Gasteiger partial charge in [-0.1, -0.05) is 30.3 Å². The molecule has 0 fully saturated rings. The van der Waals surface area contributed by atoms with E-state index in [0.29, 0.717) is 6.54 Å². The molecule has 1 aliphatic heterocycles. The first kappa shape index (κ1) is 16.7. The minimum absolute atomic E-state index is 0.0274. The van der Waals surface area contributed by atoms with Crippen LogP contribution < -0.4 is 10.6 Å². The number of carbonyl (C=O) groups is 1. The van der Waals surface area contributed by atoms with Crippen molar-refractivity contribution in [2.75, 3.05) is 6.54 Å². The van der Waals surface area contributed by atoms with Gasteiger partial charge in [-0.2, -0.15) is 5.10 Å². The molecule has 0 radical (unpaired) electrons. The number of carbonyl (C=O) groups excluding carboxylic acids is 1. The van der Waals surface area contributed by atoms with Crippen LogP contribution in [0.3, 0.4) is 0 Å². The lowest BCUT2D eigenvalue weighted by Crippen LogP contribution is -2.49. The Morgan fingerprint density at radius 3 is 2.83 bits per heavy atom. The van der Waals surface area contributed by atoms with Crippen LogP contribution in [-0.2, 0) is 13.0 Å². The Bertz CT molecular complexity index is 705. The number of benzene rings is 1. The van der Waals surface area contributed by atoms with E-state index in [9.17, 15) is 4.79 Å². The predicted molar refractivity (Wildman–Crippen MR) is 95.0 cm³/mol. The summed E-state index contributed by atoms with van der Waals surface area (Å²) < 4.78 is 1.94. The average molecular weight is 326 g/mol. The molecule has 0 saturated heterocycles. The number of nitrogens with zero attached hydrogens (tertiary/aromatic N) is 2. The topological polar surface area (TPSA) is 58.9 Å². The third kappa shape index (κ3) is 3.67. The zero-order chi connectivity index (χ0) is 17.2. The third-order valence-corrected chi connectivity index (χ3v) is 4.57. The number of aromatic nitrogens is 2. The number of hydrogen-bond donors (Lipinski definition) is 2. The smallest absolute Gasteiger partial charge is 0.254 e. The summed E-state index contributed by atoms with van der Waals surface area (Å²) in [6.45, 7) is 7.84. The first-order valence-electron chi connectivity index (χ1n) is 8.62. The molecule has 1 unspecified atom stereocenters. The molecule has 1 atom stereocenters. The lowest BCUT2D eigenvalue weighted by atomic mass is 10.0. The van der Waals surface area contributed by atoms with E-state index in [2.05, 4.69) is 48.6 Å². The van der Waals surface area contributed by atoms with Gasteiger partial charge in [0.25, 0.3) is 5.91 Å². The molecule has 1 amide bonds. The van der Waals surface area contributed by atoms with E-state index in [1.807, 2.05) is 22.9 Å². The van der Waals surface area contributed by atoms with E-state index in [1.54, 1.807) is 6.20 Å². The van der Waals surface area contributed by atoms with Crippen molar-refractivity contribution in [2.24, 2.45) is 0 Å². The fourth-order valence-electron chi connectivity index (χ4n) is 3.31. The van der Waals surface area contributed by atoms with Crippen LogP contribution in [0.2, 0.25) is 0 Å². The van der Waals surface area contributed by atoms with E-state index in [-0.39, 0.29) is 17.5 Å². The Labute approximate surface area is 143 Å². The number of amides is 1. The van der Waals surface area contributed by atoms with Crippen molar-refractivity contribution in [1.82, 2.24) is 20.4 Å². The van der Waals surface area contributed by atoms with Crippen molar-refractivity contribution < 1.29 is 4.79 Å². The fourth-order valence-corrected chi connectivity index (χ4v) is 3.31. The van der Waals surface area contributed by atoms with Crippen LogP contribution in [0.25, 0.3) is 0 Å². The molecule has 2 aromatic rings. The minimum Gasteiger partial charge on any atom is -0.350 e. The maximum absolute atomic E-state index is 12.5. The van der Waals surface area contributed by atoms with Gasteiger partial charge in [-0.3, -0.25) is 9.48 Å². The van der Waals surface area contributed by atoms with Gasteiger partial charge >= 0.3 is 0 Å². The monoisotopic (exact) mass is 326 g/mol. The molecule has 1 aromatic carbocycles. The molecule has 1 aliphatic rings. The van der Waals surface area contributed by atoms with Gasteiger partial charge < -0.3 is 10.6 Å². The van der Waals surface area contributed by atoms with Crippen LogP contribution in [0.4, 0.5) is 0 Å². The standard InChI is InChI=1S/C19H26N4O/c1-14(15-8-5-4-6-9-15)22-19(2,3)13-20-18(24)16-12-21-23-11-7-10-17(16)23/h4-6,8-9,12,14,22H,7,10-11,13H2,1-3H3,(H,20,24). The molecule has 0 spiro atoms. The van der Waals surface area contributed by atoms with Gasteiger partial charge in [0.1, 0.15) is 0 Å². The van der Waals surface area contributed by atoms with Crippen LogP contribution in [0.15, 0.2) is 36.5 Å². The number of nitrogens with one attached hydrogen (secondary N) is 2. The molecule has 2 heterocycles. The van der Waals surface area contributed by atoms with Crippen LogP contribution in [0, 0.1) is 0 Å². The zero-order valence-electron chi connectivity index (χ0n) is 14.7. The Morgan fingerprint density at radius 1 is 1.33 bits per heavy atom. The van der Waals surface area contributed by atoms with Crippen LogP contribution in [0.1, 0.15) is 54.8 Å². The predicted octanol–water partition coefficient (Wildman–Crippen LogP) is 2.69. The van der Waals surface area contributed by atoms with Crippen LogP contribution in [0.5, 0.6) is 0 Å². The molecule has 0 bridgehead atoms. The van der Waals surface area contributed by atoms with Crippen molar-refractivity contribution in [3.05, 3.63) is 53.3 Å². The highest BCUT2D eigenvalue weighted by atomic mass is 16.1. The third-order valence-electron chi connectivity index (χ3n) is 4.57. The zero-order valence-corrected chi connectivity index (χ0v) is 14.7. The molecule has 5 heteroatoms. The van der Waals surface area contributed by atoms with Gasteiger partial charge in [-0.15, -0.1) is 0 Å². The van der Waals surface area contributed by atoms with Crippen molar-refractivity contribution in [2.45, 2.75) is 51.7 Å². The molecule has 24 heavy (non-hydrogen) atoms. The van der Waals surface area contributed by atoms with Crippen molar-refractivity contribution in [1.29, 1.82) is 0 Å². The summed E-state index contributed by atoms with van der Waals surface area (Å²) in [5.74, 6) is -0.0274. The van der Waals surface area contributed by atoms with E-state index < -0.39 is 0 Å². The normalized spacial score (nSPS) is 15.1. The van der Waals surface area contributed by atoms with Crippen molar-refractivity contribution in [3.8, 4) is 0 Å². The Morgan fingerprint density at radius 2 is 2.08 bits per heavy atom. The second kappa shape index (κ2) is 6.77. The number of hydrogen-bond acceptors (Lipinski definition) is 3.